The highest BCUT2D eigenvalue weighted by Gasteiger charge is 2.34. The van der Waals surface area contributed by atoms with Crippen LogP contribution in [0.3, 0.4) is 0 Å². The summed E-state index contributed by atoms with van der Waals surface area (Å²) >= 11 is 0. The van der Waals surface area contributed by atoms with Crippen molar-refractivity contribution in [1.29, 1.82) is 0 Å². The van der Waals surface area contributed by atoms with Gasteiger partial charge >= 0.3 is 12.1 Å². The molecule has 7 nitrogen and oxygen atoms in total. The monoisotopic (exact) mass is 450 g/mol. The number of ether oxygens (including phenoxy) is 1. The molecule has 0 bridgehead atoms. The number of likely N-dealkylation sites (tertiary alicyclic amines) is 1. The average Bonchev–Trinajstić information content (AvgIpc) is 3.44. The molecule has 1 heterocycles. The molecule has 0 saturated carbocycles. The van der Waals surface area contributed by atoms with Crippen molar-refractivity contribution in [2.75, 3.05) is 13.2 Å². The van der Waals surface area contributed by atoms with Crippen LogP contribution >= 0.6 is 0 Å². The Hall–Kier alpha value is -3.35. The van der Waals surface area contributed by atoms with Crippen LogP contribution in [0, 0.1) is 0 Å². The smallest absolute Gasteiger partial charge is 0.407 e. The molecular formula is C26H30N2O5. The van der Waals surface area contributed by atoms with Crippen LogP contribution in [0.1, 0.15) is 56.1 Å². The van der Waals surface area contributed by atoms with Gasteiger partial charge in [0.15, 0.2) is 0 Å². The quantitative estimate of drug-likeness (QED) is 0.630. The molecule has 33 heavy (non-hydrogen) atoms. The topological polar surface area (TPSA) is 95.9 Å². The number of carbonyl (C=O) groups excluding carboxylic acids is 2. The summed E-state index contributed by atoms with van der Waals surface area (Å²) in [6, 6.07) is 15.4. The maximum absolute atomic E-state index is 12.5. The van der Waals surface area contributed by atoms with Crippen molar-refractivity contribution in [2.45, 2.75) is 57.0 Å². The Morgan fingerprint density at radius 1 is 1.09 bits per heavy atom. The number of carboxylic acid groups (broad SMARTS) is 1. The molecule has 1 saturated heterocycles. The highest BCUT2D eigenvalue weighted by Crippen LogP contribution is 2.44. The van der Waals surface area contributed by atoms with Gasteiger partial charge in [-0.15, -0.1) is 0 Å². The Balaban J connectivity index is 1.30. The first-order chi connectivity index (χ1) is 16.0. The van der Waals surface area contributed by atoms with E-state index in [1.165, 1.54) is 16.0 Å². The lowest BCUT2D eigenvalue weighted by molar-refractivity contribution is -0.148. The molecule has 0 aromatic heterocycles. The molecule has 2 atom stereocenters. The SMILES string of the molecule is CCC(CCC(=O)N1CCCC1C(=O)O)NC(=O)OCC1c2ccccc2-c2ccccc21. The van der Waals surface area contributed by atoms with E-state index in [1.807, 2.05) is 31.2 Å². The van der Waals surface area contributed by atoms with Gasteiger partial charge in [-0.2, -0.15) is 0 Å². The van der Waals surface area contributed by atoms with Gasteiger partial charge in [0.05, 0.1) is 0 Å². The maximum Gasteiger partial charge on any atom is 0.407 e. The number of benzene rings is 2. The molecule has 1 aliphatic heterocycles. The summed E-state index contributed by atoms with van der Waals surface area (Å²) in [4.78, 5) is 37.8. The molecule has 2 amide bonds. The molecule has 2 aromatic carbocycles. The van der Waals surface area contributed by atoms with E-state index in [0.717, 1.165) is 11.1 Å². The predicted octanol–water partition coefficient (Wildman–Crippen LogP) is 4.16. The van der Waals surface area contributed by atoms with Crippen molar-refractivity contribution >= 4 is 18.0 Å². The Morgan fingerprint density at radius 2 is 1.73 bits per heavy atom. The zero-order valence-electron chi connectivity index (χ0n) is 18.8. The Labute approximate surface area is 193 Å². The zero-order valence-corrected chi connectivity index (χ0v) is 18.8. The molecule has 7 heteroatoms. The summed E-state index contributed by atoms with van der Waals surface area (Å²) in [5.41, 5.74) is 4.66. The number of carboxylic acids is 1. The molecule has 0 spiro atoms. The van der Waals surface area contributed by atoms with Gasteiger partial charge in [0.1, 0.15) is 12.6 Å². The zero-order chi connectivity index (χ0) is 23.4. The molecule has 4 rings (SSSR count). The highest BCUT2D eigenvalue weighted by molar-refractivity contribution is 5.84. The number of aliphatic carboxylic acids is 1. The van der Waals surface area contributed by atoms with Crippen molar-refractivity contribution < 1.29 is 24.2 Å². The third-order valence-electron chi connectivity index (χ3n) is 6.72. The number of alkyl carbamates (subject to hydrolysis) is 1. The third-order valence-corrected chi connectivity index (χ3v) is 6.72. The first kappa shape index (κ1) is 22.8. The normalized spacial score (nSPS) is 17.8. The van der Waals surface area contributed by atoms with Gasteiger partial charge < -0.3 is 20.1 Å². The molecule has 2 unspecified atom stereocenters. The lowest BCUT2D eigenvalue weighted by Gasteiger charge is -2.23. The molecular weight excluding hydrogens is 420 g/mol. The van der Waals surface area contributed by atoms with E-state index in [0.29, 0.717) is 32.2 Å². The summed E-state index contributed by atoms with van der Waals surface area (Å²) in [7, 11) is 0. The van der Waals surface area contributed by atoms with E-state index in [1.54, 1.807) is 0 Å². The van der Waals surface area contributed by atoms with Crippen LogP contribution in [0.25, 0.3) is 11.1 Å². The van der Waals surface area contributed by atoms with Crippen molar-refractivity contribution in [3.63, 3.8) is 0 Å². The van der Waals surface area contributed by atoms with Gasteiger partial charge in [0, 0.05) is 24.9 Å². The summed E-state index contributed by atoms with van der Waals surface area (Å²) < 4.78 is 5.60. The minimum Gasteiger partial charge on any atom is -0.480 e. The van der Waals surface area contributed by atoms with E-state index >= 15 is 0 Å². The van der Waals surface area contributed by atoms with Crippen molar-refractivity contribution in [3.8, 4) is 11.1 Å². The first-order valence-electron chi connectivity index (χ1n) is 11.6. The fraction of sp³-hybridized carbons (Fsp3) is 0.423. The van der Waals surface area contributed by atoms with Crippen molar-refractivity contribution in [1.82, 2.24) is 10.2 Å². The average molecular weight is 451 g/mol. The van der Waals surface area contributed by atoms with Crippen molar-refractivity contribution in [2.24, 2.45) is 0 Å². The fourth-order valence-corrected chi connectivity index (χ4v) is 4.95. The molecule has 174 valence electrons. The second kappa shape index (κ2) is 10.1. The van der Waals surface area contributed by atoms with Crippen LogP contribution in [0.2, 0.25) is 0 Å². The van der Waals surface area contributed by atoms with Gasteiger partial charge in [0.25, 0.3) is 0 Å². The molecule has 1 fully saturated rings. The summed E-state index contributed by atoms with van der Waals surface area (Å²) in [5, 5.41) is 12.1. The van der Waals surface area contributed by atoms with E-state index in [9.17, 15) is 19.5 Å². The van der Waals surface area contributed by atoms with Crippen LogP contribution in [-0.4, -0.2) is 53.2 Å². The largest absolute Gasteiger partial charge is 0.480 e. The second-order valence-corrected chi connectivity index (χ2v) is 8.70. The second-order valence-electron chi connectivity index (χ2n) is 8.70. The lowest BCUT2D eigenvalue weighted by atomic mass is 9.98. The number of nitrogens with zero attached hydrogens (tertiary/aromatic N) is 1. The van der Waals surface area contributed by atoms with Gasteiger partial charge in [-0.3, -0.25) is 4.79 Å². The fourth-order valence-electron chi connectivity index (χ4n) is 4.95. The van der Waals surface area contributed by atoms with E-state index in [-0.39, 0.29) is 30.9 Å². The number of carbonyl (C=O) groups is 3. The highest BCUT2D eigenvalue weighted by atomic mass is 16.5. The molecule has 2 N–H and O–H groups in total. The lowest BCUT2D eigenvalue weighted by Crippen LogP contribution is -2.41. The van der Waals surface area contributed by atoms with Crippen LogP contribution in [-0.2, 0) is 14.3 Å². The van der Waals surface area contributed by atoms with Gasteiger partial charge in [-0.25, -0.2) is 9.59 Å². The van der Waals surface area contributed by atoms with E-state index < -0.39 is 18.1 Å². The Bertz CT molecular complexity index is 991. The van der Waals surface area contributed by atoms with Gasteiger partial charge in [-0.05, 0) is 47.9 Å². The van der Waals surface area contributed by atoms with Gasteiger partial charge in [-0.1, -0.05) is 55.5 Å². The number of hydrogen-bond acceptors (Lipinski definition) is 4. The van der Waals surface area contributed by atoms with Crippen LogP contribution in [0.5, 0.6) is 0 Å². The van der Waals surface area contributed by atoms with Crippen LogP contribution < -0.4 is 5.32 Å². The minimum absolute atomic E-state index is 0.00655. The predicted molar refractivity (Wildman–Crippen MR) is 124 cm³/mol. The Morgan fingerprint density at radius 3 is 2.33 bits per heavy atom. The summed E-state index contributed by atoms with van der Waals surface area (Å²) in [6.07, 6.45) is 2.00. The summed E-state index contributed by atoms with van der Waals surface area (Å²) in [5.74, 6) is -1.13. The first-order valence-corrected chi connectivity index (χ1v) is 11.6. The third kappa shape index (κ3) is 4.87. The number of amides is 2. The number of hydrogen-bond donors (Lipinski definition) is 2. The molecule has 2 aliphatic rings. The van der Waals surface area contributed by atoms with Crippen molar-refractivity contribution in [3.05, 3.63) is 59.7 Å². The number of nitrogens with one attached hydrogen (secondary N) is 1. The van der Waals surface area contributed by atoms with Crippen LogP contribution in [0.4, 0.5) is 4.79 Å². The number of rotatable bonds is 8. The minimum atomic E-state index is -0.954. The molecule has 1 aliphatic carbocycles. The van der Waals surface area contributed by atoms with E-state index in [4.69, 9.17) is 4.74 Å². The maximum atomic E-state index is 12.5. The standard InChI is InChI=1S/C26H30N2O5/c1-2-17(13-14-24(29)28-15-7-12-23(28)25(30)31)27-26(32)33-16-22-20-10-5-3-8-18(20)19-9-4-6-11-21(19)22/h3-6,8-11,17,22-23H,2,7,12-16H2,1H3,(H,27,32)(H,30,31). The number of fused-ring (bicyclic) bond motifs is 3. The summed E-state index contributed by atoms with van der Waals surface area (Å²) in [6.45, 7) is 2.66. The van der Waals surface area contributed by atoms with E-state index in [2.05, 4.69) is 29.6 Å². The molecule has 2 aromatic rings. The Kier molecular flexibility index (Phi) is 6.96. The van der Waals surface area contributed by atoms with Gasteiger partial charge in [0.2, 0.25) is 5.91 Å². The molecule has 0 radical (unpaired) electrons. The van der Waals surface area contributed by atoms with Crippen LogP contribution in [0.15, 0.2) is 48.5 Å².